The first-order valence-corrected chi connectivity index (χ1v) is 10.6. The standard InChI is InChI=1S/C16H31N3O4Si/c1-6-21-24(22-7-2,23-8-3)11-9-10-17-16(20)13-19-15(5)12-14(4)18-19/h12H,6-11,13H2,1-5H3,(H,17,20). The minimum Gasteiger partial charge on any atom is -0.374 e. The fourth-order valence-electron chi connectivity index (χ4n) is 2.56. The molecule has 0 spiro atoms. The van der Waals surface area contributed by atoms with Crippen LogP contribution in [0.3, 0.4) is 0 Å². The lowest BCUT2D eigenvalue weighted by molar-refractivity contribution is -0.121. The monoisotopic (exact) mass is 357 g/mol. The molecule has 8 heteroatoms. The second kappa shape index (κ2) is 10.6. The van der Waals surface area contributed by atoms with Gasteiger partial charge in [0.1, 0.15) is 6.54 Å². The van der Waals surface area contributed by atoms with E-state index < -0.39 is 8.80 Å². The molecule has 1 amide bonds. The molecule has 1 aromatic rings. The Hall–Kier alpha value is -1.22. The molecule has 0 atom stereocenters. The molecule has 0 aliphatic carbocycles. The molecule has 0 saturated heterocycles. The van der Waals surface area contributed by atoms with Gasteiger partial charge in [-0.15, -0.1) is 0 Å². The molecular formula is C16H31N3O4Si. The van der Waals surface area contributed by atoms with Crippen molar-refractivity contribution < 1.29 is 18.1 Å². The maximum absolute atomic E-state index is 12.0. The van der Waals surface area contributed by atoms with Crippen LogP contribution in [0.1, 0.15) is 38.6 Å². The van der Waals surface area contributed by atoms with Gasteiger partial charge in [0.2, 0.25) is 5.91 Å². The number of carbonyl (C=O) groups is 1. The zero-order chi connectivity index (χ0) is 18.0. The highest BCUT2D eigenvalue weighted by molar-refractivity contribution is 6.60. The number of hydrogen-bond acceptors (Lipinski definition) is 5. The number of amides is 1. The molecule has 0 radical (unpaired) electrons. The van der Waals surface area contributed by atoms with E-state index in [0.29, 0.717) is 32.4 Å². The highest BCUT2D eigenvalue weighted by atomic mass is 28.4. The third-order valence-electron chi connectivity index (χ3n) is 3.47. The van der Waals surface area contributed by atoms with Crippen molar-refractivity contribution in [2.75, 3.05) is 26.4 Å². The number of carbonyl (C=O) groups excluding carboxylic acids is 1. The van der Waals surface area contributed by atoms with E-state index in [4.69, 9.17) is 13.3 Å². The van der Waals surface area contributed by atoms with Gasteiger partial charge >= 0.3 is 8.80 Å². The molecule has 0 saturated carbocycles. The van der Waals surface area contributed by atoms with E-state index >= 15 is 0 Å². The predicted octanol–water partition coefficient (Wildman–Crippen LogP) is 2.05. The fourth-order valence-corrected chi connectivity index (χ4v) is 5.17. The maximum Gasteiger partial charge on any atom is 0.500 e. The summed E-state index contributed by atoms with van der Waals surface area (Å²) in [6.45, 7) is 12.2. The Kier molecular flexibility index (Phi) is 9.20. The minimum atomic E-state index is -2.62. The summed E-state index contributed by atoms with van der Waals surface area (Å²) in [6, 6.07) is 2.65. The van der Waals surface area contributed by atoms with Crippen molar-refractivity contribution in [3.63, 3.8) is 0 Å². The van der Waals surface area contributed by atoms with E-state index in [9.17, 15) is 4.79 Å². The first kappa shape index (κ1) is 20.8. The van der Waals surface area contributed by atoms with Crippen molar-refractivity contribution in [1.29, 1.82) is 0 Å². The van der Waals surface area contributed by atoms with Gasteiger partial charge in [-0.05, 0) is 47.1 Å². The summed E-state index contributed by atoms with van der Waals surface area (Å²) in [7, 11) is -2.62. The molecule has 0 aliphatic heterocycles. The Bertz CT molecular complexity index is 490. The van der Waals surface area contributed by atoms with E-state index in [1.165, 1.54) is 0 Å². The van der Waals surface area contributed by atoms with E-state index in [-0.39, 0.29) is 12.5 Å². The van der Waals surface area contributed by atoms with Gasteiger partial charge < -0.3 is 18.6 Å². The maximum atomic E-state index is 12.0. The van der Waals surface area contributed by atoms with Crippen LogP contribution in [-0.2, 0) is 24.6 Å². The summed E-state index contributed by atoms with van der Waals surface area (Å²) in [5, 5.41) is 7.22. The van der Waals surface area contributed by atoms with Crippen LogP contribution >= 0.6 is 0 Å². The van der Waals surface area contributed by atoms with Crippen LogP contribution < -0.4 is 5.32 Å². The Morgan fingerprint density at radius 1 is 1.17 bits per heavy atom. The molecule has 1 aromatic heterocycles. The Morgan fingerprint density at radius 3 is 2.21 bits per heavy atom. The molecule has 1 N–H and O–H groups in total. The van der Waals surface area contributed by atoms with Crippen LogP contribution in [0, 0.1) is 13.8 Å². The fraction of sp³-hybridized carbons (Fsp3) is 0.750. The van der Waals surface area contributed by atoms with Crippen molar-refractivity contribution >= 4 is 14.7 Å². The average molecular weight is 358 g/mol. The van der Waals surface area contributed by atoms with Crippen molar-refractivity contribution in [1.82, 2.24) is 15.1 Å². The number of rotatable bonds is 12. The highest BCUT2D eigenvalue weighted by Crippen LogP contribution is 2.17. The molecule has 138 valence electrons. The topological polar surface area (TPSA) is 74.6 Å². The summed E-state index contributed by atoms with van der Waals surface area (Å²) in [6.07, 6.45) is 0.759. The van der Waals surface area contributed by atoms with Gasteiger partial charge in [-0.3, -0.25) is 9.48 Å². The van der Waals surface area contributed by atoms with Crippen molar-refractivity contribution in [3.05, 3.63) is 17.5 Å². The Morgan fingerprint density at radius 2 is 1.75 bits per heavy atom. The van der Waals surface area contributed by atoms with Crippen LogP contribution in [0.5, 0.6) is 0 Å². The number of aryl methyl sites for hydroxylation is 2. The second-order valence-corrected chi connectivity index (χ2v) is 8.25. The van der Waals surface area contributed by atoms with E-state index in [1.54, 1.807) is 4.68 Å². The van der Waals surface area contributed by atoms with E-state index in [2.05, 4.69) is 10.4 Å². The molecule has 0 fully saturated rings. The molecule has 24 heavy (non-hydrogen) atoms. The van der Waals surface area contributed by atoms with Crippen LogP contribution in [-0.4, -0.2) is 50.9 Å². The minimum absolute atomic E-state index is 0.0438. The lowest BCUT2D eigenvalue weighted by Gasteiger charge is -2.28. The molecule has 7 nitrogen and oxygen atoms in total. The van der Waals surface area contributed by atoms with Crippen LogP contribution in [0.4, 0.5) is 0 Å². The molecule has 0 aliphatic rings. The predicted molar refractivity (Wildman–Crippen MR) is 94.8 cm³/mol. The SMILES string of the molecule is CCO[Si](CCCNC(=O)Cn1nc(C)cc1C)(OCC)OCC. The van der Waals surface area contributed by atoms with Gasteiger partial charge in [0.15, 0.2) is 0 Å². The zero-order valence-electron chi connectivity index (χ0n) is 15.6. The van der Waals surface area contributed by atoms with Gasteiger partial charge in [0, 0.05) is 38.1 Å². The Labute approximate surface area is 146 Å². The third-order valence-corrected chi connectivity index (χ3v) is 6.62. The lowest BCUT2D eigenvalue weighted by atomic mass is 10.4. The first-order chi connectivity index (χ1) is 11.5. The summed E-state index contributed by atoms with van der Waals surface area (Å²) >= 11 is 0. The number of nitrogens with zero attached hydrogens (tertiary/aromatic N) is 2. The van der Waals surface area contributed by atoms with E-state index in [1.807, 2.05) is 40.7 Å². The first-order valence-electron chi connectivity index (χ1n) is 8.66. The smallest absolute Gasteiger partial charge is 0.374 e. The van der Waals surface area contributed by atoms with Crippen LogP contribution in [0.15, 0.2) is 6.07 Å². The van der Waals surface area contributed by atoms with Crippen LogP contribution in [0.25, 0.3) is 0 Å². The summed E-state index contributed by atoms with van der Waals surface area (Å²) in [5.74, 6) is -0.0438. The largest absolute Gasteiger partial charge is 0.500 e. The molecule has 0 aromatic carbocycles. The molecular weight excluding hydrogens is 326 g/mol. The van der Waals surface area contributed by atoms with Crippen molar-refractivity contribution in [2.24, 2.45) is 0 Å². The van der Waals surface area contributed by atoms with Gasteiger partial charge in [0.05, 0.1) is 5.69 Å². The third kappa shape index (κ3) is 6.72. The molecule has 0 unspecified atom stereocenters. The van der Waals surface area contributed by atoms with Gasteiger partial charge in [0.25, 0.3) is 0 Å². The average Bonchev–Trinajstić information content (AvgIpc) is 2.82. The van der Waals surface area contributed by atoms with Crippen molar-refractivity contribution in [3.8, 4) is 0 Å². The normalized spacial score (nSPS) is 11.7. The summed E-state index contributed by atoms with van der Waals surface area (Å²) in [5.41, 5.74) is 1.90. The van der Waals surface area contributed by atoms with Gasteiger partial charge in [-0.1, -0.05) is 0 Å². The number of nitrogens with one attached hydrogen (secondary N) is 1. The lowest BCUT2D eigenvalue weighted by Crippen LogP contribution is -2.46. The molecule has 1 heterocycles. The number of aromatic nitrogens is 2. The summed E-state index contributed by atoms with van der Waals surface area (Å²) < 4.78 is 19.1. The number of hydrogen-bond donors (Lipinski definition) is 1. The second-order valence-electron chi connectivity index (χ2n) is 5.52. The van der Waals surface area contributed by atoms with E-state index in [0.717, 1.165) is 17.8 Å². The highest BCUT2D eigenvalue weighted by Gasteiger charge is 2.39. The zero-order valence-corrected chi connectivity index (χ0v) is 16.6. The van der Waals surface area contributed by atoms with Gasteiger partial charge in [-0.25, -0.2) is 0 Å². The van der Waals surface area contributed by atoms with Crippen LogP contribution in [0.2, 0.25) is 6.04 Å². The molecule has 1 rings (SSSR count). The van der Waals surface area contributed by atoms with Crippen molar-refractivity contribution in [2.45, 2.75) is 53.6 Å². The Balaban J connectivity index is 2.41. The molecule has 0 bridgehead atoms. The quantitative estimate of drug-likeness (QED) is 0.458. The summed E-state index contributed by atoms with van der Waals surface area (Å²) in [4.78, 5) is 12.0. The van der Waals surface area contributed by atoms with Gasteiger partial charge in [-0.2, -0.15) is 5.10 Å².